The fraction of sp³-hybridized carbons (Fsp3) is 0.154. The van der Waals surface area contributed by atoms with Crippen LogP contribution >= 0.6 is 22.6 Å². The fourth-order valence-corrected chi connectivity index (χ4v) is 2.90. The summed E-state index contributed by atoms with van der Waals surface area (Å²) < 4.78 is 1.15. The number of nitro groups is 1. The Labute approximate surface area is 117 Å². The fourth-order valence-electron chi connectivity index (χ4n) is 2.37. The Bertz CT molecular complexity index is 672. The lowest BCUT2D eigenvalue weighted by Crippen LogP contribution is -2.02. The Morgan fingerprint density at radius 1 is 1.44 bits per heavy atom. The van der Waals surface area contributed by atoms with Crippen LogP contribution in [0.2, 0.25) is 0 Å². The van der Waals surface area contributed by atoms with Crippen molar-refractivity contribution >= 4 is 45.3 Å². The number of hydrogen-bond donors (Lipinski definition) is 0. The third-order valence-electron chi connectivity index (χ3n) is 3.22. The zero-order valence-corrected chi connectivity index (χ0v) is 11.8. The second-order valence-electron chi connectivity index (χ2n) is 4.27. The van der Waals surface area contributed by atoms with Crippen molar-refractivity contribution in [2.45, 2.75) is 13.3 Å². The molecule has 5 heteroatoms. The second-order valence-corrected chi connectivity index (χ2v) is 5.52. The Kier molecular flexibility index (Phi) is 2.58. The van der Waals surface area contributed by atoms with Crippen LogP contribution in [0, 0.1) is 17.0 Å². The van der Waals surface area contributed by atoms with Gasteiger partial charge in [-0.1, -0.05) is 6.08 Å². The monoisotopic (exact) mass is 352 g/mol. The summed E-state index contributed by atoms with van der Waals surface area (Å²) in [4.78, 5) is 15.2. The highest BCUT2D eigenvalue weighted by molar-refractivity contribution is 14.1. The molecule has 0 radical (unpaired) electrons. The van der Waals surface area contributed by atoms with Gasteiger partial charge in [0, 0.05) is 32.8 Å². The van der Waals surface area contributed by atoms with E-state index in [0.717, 1.165) is 32.5 Å². The molecule has 0 N–H and O–H groups in total. The topological polar surface area (TPSA) is 55.5 Å². The molecule has 3 rings (SSSR count). The standard InChI is InChI=1S/C13H9IN2O2/c1-7-12(16(17)18)5-4-11-13(7)9-6-8(14)2-3-10(9)15-11/h2,4-6H,3H2,1H3. The second kappa shape index (κ2) is 4.01. The predicted molar refractivity (Wildman–Crippen MR) is 79.6 cm³/mol. The first-order chi connectivity index (χ1) is 8.58. The molecule has 4 nitrogen and oxygen atoms in total. The van der Waals surface area contributed by atoms with Gasteiger partial charge in [-0.15, -0.1) is 0 Å². The molecule has 0 fully saturated rings. The minimum Gasteiger partial charge on any atom is -0.258 e. The summed E-state index contributed by atoms with van der Waals surface area (Å²) in [6, 6.07) is 3.27. The van der Waals surface area contributed by atoms with Crippen LogP contribution in [0.5, 0.6) is 0 Å². The molecule has 0 amide bonds. The van der Waals surface area contributed by atoms with E-state index in [0.29, 0.717) is 5.56 Å². The van der Waals surface area contributed by atoms with Crippen molar-refractivity contribution < 1.29 is 4.92 Å². The van der Waals surface area contributed by atoms with Crippen molar-refractivity contribution in [2.24, 2.45) is 4.99 Å². The first-order valence-electron chi connectivity index (χ1n) is 5.51. The molecule has 2 aliphatic rings. The van der Waals surface area contributed by atoms with E-state index in [4.69, 9.17) is 0 Å². The minimum atomic E-state index is -0.336. The molecule has 0 unspecified atom stereocenters. The maximum absolute atomic E-state index is 11.0. The zero-order valence-electron chi connectivity index (χ0n) is 9.61. The number of halogens is 1. The molecule has 1 heterocycles. The van der Waals surface area contributed by atoms with Crippen LogP contribution in [0.3, 0.4) is 0 Å². The molecular weight excluding hydrogens is 343 g/mol. The van der Waals surface area contributed by atoms with E-state index in [1.54, 1.807) is 13.0 Å². The van der Waals surface area contributed by atoms with E-state index in [-0.39, 0.29) is 10.6 Å². The molecule has 0 saturated carbocycles. The summed E-state index contributed by atoms with van der Waals surface area (Å²) in [5, 5.41) is 11.0. The Morgan fingerprint density at radius 3 is 2.94 bits per heavy atom. The quantitative estimate of drug-likeness (QED) is 0.434. The number of allylic oxidation sites excluding steroid dienone is 4. The normalized spacial score (nSPS) is 16.4. The predicted octanol–water partition coefficient (Wildman–Crippen LogP) is 4.10. The summed E-state index contributed by atoms with van der Waals surface area (Å²) in [6.45, 7) is 1.79. The molecular formula is C13H9IN2O2. The van der Waals surface area contributed by atoms with Gasteiger partial charge < -0.3 is 0 Å². The smallest absolute Gasteiger partial charge is 0.258 e. The average Bonchev–Trinajstić information content (AvgIpc) is 2.67. The van der Waals surface area contributed by atoms with Gasteiger partial charge in [0.15, 0.2) is 0 Å². The molecule has 0 atom stereocenters. The van der Waals surface area contributed by atoms with Crippen LogP contribution in [0.1, 0.15) is 17.5 Å². The van der Waals surface area contributed by atoms with Gasteiger partial charge in [-0.25, -0.2) is 0 Å². The van der Waals surface area contributed by atoms with Crippen molar-refractivity contribution in [3.8, 4) is 0 Å². The highest BCUT2D eigenvalue weighted by atomic mass is 127. The average molecular weight is 352 g/mol. The maximum Gasteiger partial charge on any atom is 0.273 e. The van der Waals surface area contributed by atoms with Gasteiger partial charge in [0.05, 0.1) is 16.3 Å². The number of nitro benzene ring substituents is 1. The highest BCUT2D eigenvalue weighted by Gasteiger charge is 2.28. The van der Waals surface area contributed by atoms with E-state index in [9.17, 15) is 10.1 Å². The van der Waals surface area contributed by atoms with Crippen molar-refractivity contribution in [2.75, 3.05) is 0 Å². The van der Waals surface area contributed by atoms with E-state index in [2.05, 4.69) is 33.7 Å². The van der Waals surface area contributed by atoms with Gasteiger partial charge in [0.1, 0.15) is 0 Å². The lowest BCUT2D eigenvalue weighted by atomic mass is 9.93. The van der Waals surface area contributed by atoms with Crippen LogP contribution < -0.4 is 0 Å². The third kappa shape index (κ3) is 1.61. The van der Waals surface area contributed by atoms with Crippen LogP contribution in [0.4, 0.5) is 11.4 Å². The first kappa shape index (κ1) is 11.6. The number of benzene rings is 1. The number of rotatable bonds is 1. The van der Waals surface area contributed by atoms with Gasteiger partial charge in [-0.05, 0) is 41.7 Å². The van der Waals surface area contributed by atoms with Crippen molar-refractivity contribution in [1.82, 2.24) is 0 Å². The number of nitrogens with zero attached hydrogens (tertiary/aromatic N) is 2. The Balaban J connectivity index is 2.25. The SMILES string of the molecule is Cc1c([N+](=O)[O-])ccc2c1C1=CC(I)=CCC1=N2. The summed E-state index contributed by atoms with van der Waals surface area (Å²) in [7, 11) is 0. The van der Waals surface area contributed by atoms with E-state index < -0.39 is 0 Å². The van der Waals surface area contributed by atoms with Crippen LogP contribution in [0.25, 0.3) is 5.57 Å². The summed E-state index contributed by atoms with van der Waals surface area (Å²) >= 11 is 2.26. The van der Waals surface area contributed by atoms with Gasteiger partial charge in [-0.3, -0.25) is 15.1 Å². The highest BCUT2D eigenvalue weighted by Crippen LogP contribution is 2.43. The molecule has 1 aliphatic carbocycles. The molecule has 18 heavy (non-hydrogen) atoms. The Hall–Kier alpha value is -1.50. The van der Waals surface area contributed by atoms with E-state index >= 15 is 0 Å². The number of fused-ring (bicyclic) bond motifs is 3. The van der Waals surface area contributed by atoms with Crippen molar-refractivity contribution in [1.29, 1.82) is 0 Å². The lowest BCUT2D eigenvalue weighted by molar-refractivity contribution is -0.385. The van der Waals surface area contributed by atoms with Crippen molar-refractivity contribution in [3.05, 3.63) is 49.1 Å². The minimum absolute atomic E-state index is 0.163. The van der Waals surface area contributed by atoms with Crippen LogP contribution in [0.15, 0.2) is 32.9 Å². The van der Waals surface area contributed by atoms with Gasteiger partial charge in [-0.2, -0.15) is 0 Å². The molecule has 0 bridgehead atoms. The number of hydrogen-bond acceptors (Lipinski definition) is 3. The van der Waals surface area contributed by atoms with Crippen LogP contribution in [-0.4, -0.2) is 10.6 Å². The first-order valence-corrected chi connectivity index (χ1v) is 6.59. The molecule has 1 aliphatic heterocycles. The van der Waals surface area contributed by atoms with E-state index in [1.807, 2.05) is 6.08 Å². The molecule has 0 aromatic heterocycles. The summed E-state index contributed by atoms with van der Waals surface area (Å²) in [5.41, 5.74) is 4.68. The molecule has 0 saturated heterocycles. The van der Waals surface area contributed by atoms with Gasteiger partial charge in [0.25, 0.3) is 5.69 Å². The molecule has 90 valence electrons. The maximum atomic E-state index is 11.0. The largest absolute Gasteiger partial charge is 0.273 e. The number of aliphatic imine (C=N–C) groups is 1. The van der Waals surface area contributed by atoms with Crippen molar-refractivity contribution in [3.63, 3.8) is 0 Å². The summed E-state index contributed by atoms with van der Waals surface area (Å²) in [5.74, 6) is 0. The van der Waals surface area contributed by atoms with Gasteiger partial charge in [0.2, 0.25) is 0 Å². The molecule has 1 aromatic rings. The molecule has 0 spiro atoms. The van der Waals surface area contributed by atoms with E-state index in [1.165, 1.54) is 6.07 Å². The Morgan fingerprint density at radius 2 is 2.22 bits per heavy atom. The van der Waals surface area contributed by atoms with Gasteiger partial charge >= 0.3 is 0 Å². The lowest BCUT2D eigenvalue weighted by Gasteiger charge is -2.10. The summed E-state index contributed by atoms with van der Waals surface area (Å²) in [6.07, 6.45) is 4.95. The zero-order chi connectivity index (χ0) is 12.9. The molecule has 1 aromatic carbocycles. The third-order valence-corrected chi connectivity index (χ3v) is 3.97. The van der Waals surface area contributed by atoms with Crippen LogP contribution in [-0.2, 0) is 0 Å².